The van der Waals surface area contributed by atoms with Gasteiger partial charge in [0, 0.05) is 11.1 Å². The lowest BCUT2D eigenvalue weighted by atomic mass is 9.86. The number of nitrogens with one attached hydrogen (secondary N) is 1. The fourth-order valence-electron chi connectivity index (χ4n) is 2.92. The number of ether oxygens (including phenoxy) is 2. The van der Waals surface area contributed by atoms with Crippen molar-refractivity contribution in [1.29, 1.82) is 0 Å². The normalized spacial score (nSPS) is 20.6. The van der Waals surface area contributed by atoms with Gasteiger partial charge in [-0.1, -0.05) is 31.4 Å². The number of amides is 1. The lowest BCUT2D eigenvalue weighted by Gasteiger charge is -2.29. The van der Waals surface area contributed by atoms with Crippen LogP contribution in [0.15, 0.2) is 24.3 Å². The van der Waals surface area contributed by atoms with Gasteiger partial charge in [0.15, 0.2) is 12.2 Å². The third kappa shape index (κ3) is 5.92. The van der Waals surface area contributed by atoms with Crippen LogP contribution in [0.3, 0.4) is 0 Å². The second-order valence-electron chi connectivity index (χ2n) is 7.08. The predicted molar refractivity (Wildman–Crippen MR) is 96.7 cm³/mol. The zero-order valence-electron chi connectivity index (χ0n) is 15.0. The fraction of sp³-hybridized carbons (Fsp3) is 0.579. The molecule has 6 heteroatoms. The molecule has 0 unspecified atom stereocenters. The monoisotopic (exact) mass is 367 g/mol. The summed E-state index contributed by atoms with van der Waals surface area (Å²) in [6.45, 7) is 5.05. The Labute approximate surface area is 154 Å². The van der Waals surface area contributed by atoms with Gasteiger partial charge in [0.2, 0.25) is 0 Å². The molecule has 0 spiro atoms. The first-order valence-corrected chi connectivity index (χ1v) is 9.07. The zero-order valence-corrected chi connectivity index (χ0v) is 15.8. The topological polar surface area (TPSA) is 64.6 Å². The number of benzene rings is 1. The number of halogens is 1. The van der Waals surface area contributed by atoms with Crippen LogP contribution < -0.4 is 10.1 Å². The van der Waals surface area contributed by atoms with Gasteiger partial charge in [-0.05, 0) is 56.9 Å². The van der Waals surface area contributed by atoms with Crippen LogP contribution in [-0.2, 0) is 14.3 Å². The van der Waals surface area contributed by atoms with Crippen LogP contribution >= 0.6 is 11.6 Å². The van der Waals surface area contributed by atoms with E-state index in [1.165, 1.54) is 6.42 Å². The van der Waals surface area contributed by atoms with E-state index in [0.29, 0.717) is 16.7 Å². The molecule has 1 aromatic rings. The molecule has 0 saturated heterocycles. The highest BCUT2D eigenvalue weighted by molar-refractivity contribution is 6.30. The number of hydrogen-bond donors (Lipinski definition) is 1. The molecular formula is C19H26ClNO4. The third-order valence-electron chi connectivity index (χ3n) is 4.47. The molecule has 25 heavy (non-hydrogen) atoms. The predicted octanol–water partition coefficient (Wildman–Crippen LogP) is 3.74. The molecule has 1 saturated carbocycles. The Bertz CT molecular complexity index is 600. The molecule has 138 valence electrons. The Morgan fingerprint density at radius 2 is 1.84 bits per heavy atom. The van der Waals surface area contributed by atoms with Crippen molar-refractivity contribution < 1.29 is 19.1 Å². The molecule has 1 aliphatic carbocycles. The minimum Gasteiger partial charge on any atom is -0.476 e. The second-order valence-corrected chi connectivity index (χ2v) is 7.51. The van der Waals surface area contributed by atoms with Crippen molar-refractivity contribution in [3.63, 3.8) is 0 Å². The summed E-state index contributed by atoms with van der Waals surface area (Å²) in [6.07, 6.45) is 4.43. The summed E-state index contributed by atoms with van der Waals surface area (Å²) >= 11 is 5.83. The smallest absolute Gasteiger partial charge is 0.350 e. The highest BCUT2D eigenvalue weighted by Gasteiger charge is 2.32. The van der Waals surface area contributed by atoms with E-state index in [-0.39, 0.29) is 18.6 Å². The lowest BCUT2D eigenvalue weighted by Crippen LogP contribution is -2.45. The Kier molecular flexibility index (Phi) is 6.71. The minimum atomic E-state index is -1.20. The van der Waals surface area contributed by atoms with Crippen LogP contribution in [0.4, 0.5) is 0 Å². The maximum Gasteiger partial charge on any atom is 0.350 e. The van der Waals surface area contributed by atoms with Gasteiger partial charge in [-0.3, -0.25) is 4.79 Å². The van der Waals surface area contributed by atoms with Crippen LogP contribution in [0, 0.1) is 5.92 Å². The van der Waals surface area contributed by atoms with Gasteiger partial charge in [-0.25, -0.2) is 4.79 Å². The summed E-state index contributed by atoms with van der Waals surface area (Å²) in [5, 5.41) is 3.54. The Morgan fingerprint density at radius 1 is 1.20 bits per heavy atom. The van der Waals surface area contributed by atoms with E-state index in [0.717, 1.165) is 19.3 Å². The molecule has 0 radical (unpaired) electrons. The standard InChI is InChI=1S/C19H26ClNO4/c1-13-6-4-5-7-16(13)21-17(22)12-24-18(23)19(2,3)25-15-10-8-14(20)9-11-15/h8-11,13,16H,4-7,12H2,1-3H3,(H,21,22)/t13-,16-/m0/s1. The van der Waals surface area contributed by atoms with Gasteiger partial charge in [0.25, 0.3) is 5.91 Å². The van der Waals surface area contributed by atoms with Crippen LogP contribution in [0.25, 0.3) is 0 Å². The molecule has 1 fully saturated rings. The van der Waals surface area contributed by atoms with Crippen molar-refractivity contribution in [2.75, 3.05) is 6.61 Å². The Morgan fingerprint density at radius 3 is 2.48 bits per heavy atom. The van der Waals surface area contributed by atoms with Crippen molar-refractivity contribution in [3.8, 4) is 5.75 Å². The fourth-order valence-corrected chi connectivity index (χ4v) is 3.05. The average molecular weight is 368 g/mol. The molecule has 2 atom stereocenters. The summed E-state index contributed by atoms with van der Waals surface area (Å²) in [6, 6.07) is 6.87. The Hall–Kier alpha value is -1.75. The van der Waals surface area contributed by atoms with Crippen LogP contribution in [-0.4, -0.2) is 30.1 Å². The molecule has 1 N–H and O–H groups in total. The van der Waals surface area contributed by atoms with Crippen molar-refractivity contribution in [3.05, 3.63) is 29.3 Å². The van der Waals surface area contributed by atoms with Gasteiger partial charge >= 0.3 is 5.97 Å². The molecule has 0 aromatic heterocycles. The summed E-state index contributed by atoms with van der Waals surface area (Å²) < 4.78 is 10.8. The van der Waals surface area contributed by atoms with E-state index in [1.54, 1.807) is 38.1 Å². The van der Waals surface area contributed by atoms with Gasteiger partial charge < -0.3 is 14.8 Å². The van der Waals surface area contributed by atoms with Crippen LogP contribution in [0.5, 0.6) is 5.75 Å². The maximum absolute atomic E-state index is 12.2. The molecule has 1 aromatic carbocycles. The summed E-state index contributed by atoms with van der Waals surface area (Å²) in [7, 11) is 0. The zero-order chi connectivity index (χ0) is 18.4. The van der Waals surface area contributed by atoms with Crippen molar-refractivity contribution in [2.45, 2.75) is 58.1 Å². The molecule has 0 heterocycles. The van der Waals surface area contributed by atoms with E-state index >= 15 is 0 Å². The van der Waals surface area contributed by atoms with E-state index in [1.807, 2.05) is 0 Å². The lowest BCUT2D eigenvalue weighted by molar-refractivity contribution is -0.162. The minimum absolute atomic E-state index is 0.165. The molecular weight excluding hydrogens is 342 g/mol. The number of carbonyl (C=O) groups is 2. The first-order valence-electron chi connectivity index (χ1n) is 8.69. The Balaban J connectivity index is 1.81. The SMILES string of the molecule is C[C@H]1CCCC[C@@H]1NC(=O)COC(=O)C(C)(C)Oc1ccc(Cl)cc1. The molecule has 0 aliphatic heterocycles. The number of carbonyl (C=O) groups excluding carboxylic acids is 2. The number of rotatable bonds is 6. The molecule has 1 amide bonds. The van der Waals surface area contributed by atoms with Crippen LogP contribution in [0.1, 0.15) is 46.5 Å². The highest BCUT2D eigenvalue weighted by atomic mass is 35.5. The van der Waals surface area contributed by atoms with Crippen molar-refractivity contribution >= 4 is 23.5 Å². The molecule has 0 bridgehead atoms. The average Bonchev–Trinajstić information content (AvgIpc) is 2.56. The first kappa shape index (κ1) is 19.6. The summed E-state index contributed by atoms with van der Waals surface area (Å²) in [4.78, 5) is 24.3. The third-order valence-corrected chi connectivity index (χ3v) is 4.72. The van der Waals surface area contributed by atoms with Crippen molar-refractivity contribution in [1.82, 2.24) is 5.32 Å². The summed E-state index contributed by atoms with van der Waals surface area (Å²) in [5.41, 5.74) is -1.20. The molecule has 5 nitrogen and oxygen atoms in total. The highest BCUT2D eigenvalue weighted by Crippen LogP contribution is 2.24. The second kappa shape index (κ2) is 8.56. The maximum atomic E-state index is 12.2. The molecule has 1 aliphatic rings. The van der Waals surface area contributed by atoms with Crippen LogP contribution in [0.2, 0.25) is 5.02 Å². The quantitative estimate of drug-likeness (QED) is 0.778. The van der Waals surface area contributed by atoms with Gasteiger partial charge in [-0.2, -0.15) is 0 Å². The van der Waals surface area contributed by atoms with Crippen molar-refractivity contribution in [2.24, 2.45) is 5.92 Å². The first-order chi connectivity index (χ1) is 11.8. The van der Waals surface area contributed by atoms with E-state index in [4.69, 9.17) is 21.1 Å². The molecule has 2 rings (SSSR count). The van der Waals surface area contributed by atoms with E-state index in [2.05, 4.69) is 12.2 Å². The van der Waals surface area contributed by atoms with E-state index in [9.17, 15) is 9.59 Å². The number of hydrogen-bond acceptors (Lipinski definition) is 4. The number of esters is 1. The van der Waals surface area contributed by atoms with Gasteiger partial charge in [-0.15, -0.1) is 0 Å². The largest absolute Gasteiger partial charge is 0.476 e. The van der Waals surface area contributed by atoms with Gasteiger partial charge in [0.1, 0.15) is 5.75 Å². The van der Waals surface area contributed by atoms with Gasteiger partial charge in [0.05, 0.1) is 0 Å². The van der Waals surface area contributed by atoms with E-state index < -0.39 is 11.6 Å². The summed E-state index contributed by atoms with van der Waals surface area (Å²) in [5.74, 6) is 0.105.